The van der Waals surface area contributed by atoms with Crippen LogP contribution in [0.15, 0.2) is 24.3 Å². The third kappa shape index (κ3) is 2.99. The van der Waals surface area contributed by atoms with Crippen LogP contribution in [0.2, 0.25) is 0 Å². The summed E-state index contributed by atoms with van der Waals surface area (Å²) in [6.45, 7) is 5.11. The summed E-state index contributed by atoms with van der Waals surface area (Å²) in [5, 5.41) is 0. The molecule has 1 atom stereocenters. The average molecular weight is 288 g/mol. The van der Waals surface area contributed by atoms with Crippen LogP contribution in [-0.2, 0) is 20.9 Å². The van der Waals surface area contributed by atoms with Crippen molar-refractivity contribution in [1.82, 2.24) is 9.80 Å². The average Bonchev–Trinajstić information content (AvgIpc) is 2.78. The fourth-order valence-electron chi connectivity index (χ4n) is 2.88. The molecule has 3 rings (SSSR count). The summed E-state index contributed by atoms with van der Waals surface area (Å²) in [4.78, 5) is 28.1. The Morgan fingerprint density at radius 1 is 1.14 bits per heavy atom. The predicted octanol–water partition coefficient (Wildman–Crippen LogP) is 0.955. The number of hydrogen-bond acceptors (Lipinski definition) is 4. The van der Waals surface area contributed by atoms with Crippen LogP contribution in [0, 0.1) is 6.92 Å². The smallest absolute Gasteiger partial charge is 0.247 e. The maximum Gasteiger partial charge on any atom is 0.247 e. The highest BCUT2D eigenvalue weighted by atomic mass is 16.5. The second-order valence-corrected chi connectivity index (χ2v) is 5.67. The highest BCUT2D eigenvalue weighted by Crippen LogP contribution is 2.22. The lowest BCUT2D eigenvalue weighted by atomic mass is 10.1. The van der Waals surface area contributed by atoms with Gasteiger partial charge in [0.15, 0.2) is 0 Å². The van der Waals surface area contributed by atoms with Crippen LogP contribution in [0.25, 0.3) is 0 Å². The molecule has 1 unspecified atom stereocenters. The first-order valence-corrected chi connectivity index (χ1v) is 7.37. The van der Waals surface area contributed by atoms with E-state index in [4.69, 9.17) is 4.74 Å². The van der Waals surface area contributed by atoms with Crippen molar-refractivity contribution in [1.29, 1.82) is 0 Å². The molecule has 2 aliphatic rings. The van der Waals surface area contributed by atoms with Gasteiger partial charge in [0.1, 0.15) is 0 Å². The molecule has 5 heteroatoms. The summed E-state index contributed by atoms with van der Waals surface area (Å²) in [5.41, 5.74) is 2.16. The van der Waals surface area contributed by atoms with E-state index < -0.39 is 0 Å². The van der Waals surface area contributed by atoms with Gasteiger partial charge in [0.25, 0.3) is 0 Å². The number of carbonyl (C=O) groups is 2. The monoisotopic (exact) mass is 288 g/mol. The topological polar surface area (TPSA) is 49.9 Å². The number of imide groups is 1. The molecule has 2 heterocycles. The molecule has 0 radical (unpaired) electrons. The second-order valence-electron chi connectivity index (χ2n) is 5.67. The van der Waals surface area contributed by atoms with Gasteiger partial charge in [-0.25, -0.2) is 0 Å². The van der Waals surface area contributed by atoms with Crippen LogP contribution in [0.5, 0.6) is 0 Å². The van der Waals surface area contributed by atoms with Crippen molar-refractivity contribution < 1.29 is 14.3 Å². The quantitative estimate of drug-likeness (QED) is 0.777. The molecule has 2 fully saturated rings. The first-order chi connectivity index (χ1) is 10.1. The van der Waals surface area contributed by atoms with E-state index in [1.165, 1.54) is 10.5 Å². The van der Waals surface area contributed by atoms with Gasteiger partial charge < -0.3 is 4.74 Å². The highest BCUT2D eigenvalue weighted by molar-refractivity contribution is 6.05. The number of rotatable bonds is 3. The summed E-state index contributed by atoms with van der Waals surface area (Å²) >= 11 is 0. The Hall–Kier alpha value is -1.72. The van der Waals surface area contributed by atoms with Gasteiger partial charge in [0, 0.05) is 13.1 Å². The van der Waals surface area contributed by atoms with Gasteiger partial charge in [0.2, 0.25) is 11.8 Å². The molecule has 5 nitrogen and oxygen atoms in total. The predicted molar refractivity (Wildman–Crippen MR) is 77.5 cm³/mol. The Kier molecular flexibility index (Phi) is 4.03. The largest absolute Gasteiger partial charge is 0.379 e. The number of aryl methyl sites for hydroxylation is 1. The molecule has 0 N–H and O–H groups in total. The molecule has 0 saturated carbocycles. The lowest BCUT2D eigenvalue weighted by molar-refractivity contribution is -0.140. The van der Waals surface area contributed by atoms with Crippen molar-refractivity contribution in [3.8, 4) is 0 Å². The summed E-state index contributed by atoms with van der Waals surface area (Å²) in [5.74, 6) is -0.139. The second kappa shape index (κ2) is 5.95. The Balaban J connectivity index is 1.69. The van der Waals surface area contributed by atoms with E-state index in [9.17, 15) is 9.59 Å². The molecule has 0 aromatic heterocycles. The molecule has 2 saturated heterocycles. The van der Waals surface area contributed by atoms with Crippen LogP contribution in [0.4, 0.5) is 0 Å². The third-order valence-electron chi connectivity index (χ3n) is 4.17. The minimum Gasteiger partial charge on any atom is -0.379 e. The van der Waals surface area contributed by atoms with Gasteiger partial charge in [-0.3, -0.25) is 19.4 Å². The summed E-state index contributed by atoms with van der Waals surface area (Å²) < 4.78 is 5.30. The van der Waals surface area contributed by atoms with Crippen molar-refractivity contribution in [3.63, 3.8) is 0 Å². The van der Waals surface area contributed by atoms with E-state index in [0.717, 1.165) is 18.7 Å². The Labute approximate surface area is 124 Å². The fraction of sp³-hybridized carbons (Fsp3) is 0.500. The van der Waals surface area contributed by atoms with E-state index in [1.54, 1.807) is 0 Å². The number of likely N-dealkylation sites (tertiary alicyclic amines) is 1. The molecule has 0 bridgehead atoms. The maximum atomic E-state index is 12.5. The lowest BCUT2D eigenvalue weighted by Crippen LogP contribution is -2.47. The highest BCUT2D eigenvalue weighted by Gasteiger charge is 2.41. The van der Waals surface area contributed by atoms with Crippen LogP contribution in [0.1, 0.15) is 17.5 Å². The van der Waals surface area contributed by atoms with E-state index in [0.29, 0.717) is 26.2 Å². The number of carbonyl (C=O) groups excluding carboxylic acids is 2. The maximum absolute atomic E-state index is 12.5. The zero-order valence-corrected chi connectivity index (χ0v) is 12.2. The number of ether oxygens (including phenoxy) is 1. The zero-order chi connectivity index (χ0) is 14.8. The molecule has 2 amide bonds. The number of hydrogen-bond donors (Lipinski definition) is 0. The van der Waals surface area contributed by atoms with Gasteiger partial charge in [-0.15, -0.1) is 0 Å². The molecule has 0 aliphatic carbocycles. The van der Waals surface area contributed by atoms with Crippen LogP contribution >= 0.6 is 0 Å². The minimum atomic E-state index is -0.299. The van der Waals surface area contributed by atoms with Crippen LogP contribution in [0.3, 0.4) is 0 Å². The van der Waals surface area contributed by atoms with Crippen molar-refractivity contribution in [2.45, 2.75) is 25.9 Å². The lowest BCUT2D eigenvalue weighted by Gasteiger charge is -2.30. The SMILES string of the molecule is Cc1ccc(CN2C(=O)CC(N3CCOCC3)C2=O)cc1. The van der Waals surface area contributed by atoms with Crippen LogP contribution in [-0.4, -0.2) is 54.0 Å². The van der Waals surface area contributed by atoms with Crippen molar-refractivity contribution in [3.05, 3.63) is 35.4 Å². The number of morpholine rings is 1. The Morgan fingerprint density at radius 3 is 2.48 bits per heavy atom. The summed E-state index contributed by atoms with van der Waals surface area (Å²) in [7, 11) is 0. The third-order valence-corrected chi connectivity index (χ3v) is 4.17. The summed E-state index contributed by atoms with van der Waals surface area (Å²) in [6, 6.07) is 7.64. The van der Waals surface area contributed by atoms with E-state index >= 15 is 0 Å². The molecule has 1 aromatic carbocycles. The zero-order valence-electron chi connectivity index (χ0n) is 12.2. The number of amides is 2. The molecule has 0 spiro atoms. The Bertz CT molecular complexity index is 535. The van der Waals surface area contributed by atoms with E-state index in [-0.39, 0.29) is 17.9 Å². The molecule has 112 valence electrons. The van der Waals surface area contributed by atoms with E-state index in [2.05, 4.69) is 4.90 Å². The normalized spacial score (nSPS) is 23.9. The van der Waals surface area contributed by atoms with Crippen molar-refractivity contribution in [2.24, 2.45) is 0 Å². The Morgan fingerprint density at radius 2 is 1.81 bits per heavy atom. The van der Waals surface area contributed by atoms with Gasteiger partial charge in [-0.05, 0) is 12.5 Å². The molecular formula is C16H20N2O3. The van der Waals surface area contributed by atoms with Gasteiger partial charge in [-0.1, -0.05) is 29.8 Å². The minimum absolute atomic E-state index is 0.0672. The summed E-state index contributed by atoms with van der Waals surface area (Å²) in [6.07, 6.45) is 0.296. The van der Waals surface area contributed by atoms with Crippen LogP contribution < -0.4 is 0 Å². The first kappa shape index (κ1) is 14.2. The molecule has 1 aromatic rings. The van der Waals surface area contributed by atoms with Gasteiger partial charge >= 0.3 is 0 Å². The molecule has 21 heavy (non-hydrogen) atoms. The number of benzene rings is 1. The number of nitrogens with zero attached hydrogens (tertiary/aromatic N) is 2. The van der Waals surface area contributed by atoms with Gasteiger partial charge in [0.05, 0.1) is 32.2 Å². The van der Waals surface area contributed by atoms with E-state index in [1.807, 2.05) is 31.2 Å². The van der Waals surface area contributed by atoms with Gasteiger partial charge in [-0.2, -0.15) is 0 Å². The standard InChI is InChI=1S/C16H20N2O3/c1-12-2-4-13(5-3-12)11-18-15(19)10-14(16(18)20)17-6-8-21-9-7-17/h2-5,14H,6-11H2,1H3. The molecule has 2 aliphatic heterocycles. The van der Waals surface area contributed by atoms with Crippen molar-refractivity contribution >= 4 is 11.8 Å². The molecular weight excluding hydrogens is 268 g/mol. The van der Waals surface area contributed by atoms with Crippen molar-refractivity contribution in [2.75, 3.05) is 26.3 Å². The first-order valence-electron chi connectivity index (χ1n) is 7.37. The fourth-order valence-corrected chi connectivity index (χ4v) is 2.88.